The molecule has 2 aromatic carbocycles. The van der Waals surface area contributed by atoms with Crippen molar-refractivity contribution in [3.8, 4) is 5.75 Å². The van der Waals surface area contributed by atoms with E-state index in [0.717, 1.165) is 38.5 Å². The number of aryl methyl sites for hydroxylation is 1. The summed E-state index contributed by atoms with van der Waals surface area (Å²) in [5.41, 5.74) is 7.29. The Bertz CT molecular complexity index is 867. The summed E-state index contributed by atoms with van der Waals surface area (Å²) >= 11 is 0. The Morgan fingerprint density at radius 3 is 2.73 bits per heavy atom. The van der Waals surface area contributed by atoms with E-state index >= 15 is 0 Å². The molecule has 0 heterocycles. The summed E-state index contributed by atoms with van der Waals surface area (Å²) in [6.07, 6.45) is 7.07. The largest absolute Gasteiger partial charge is 0.508 e. The summed E-state index contributed by atoms with van der Waals surface area (Å²) in [4.78, 5) is 0. The van der Waals surface area contributed by atoms with Crippen LogP contribution in [0.2, 0.25) is 0 Å². The lowest BCUT2D eigenvalue weighted by atomic mass is 9.57. The predicted octanol–water partition coefficient (Wildman–Crippen LogP) is 4.68. The van der Waals surface area contributed by atoms with Crippen molar-refractivity contribution >= 4 is 0 Å². The molecule has 2 nitrogen and oxygen atoms in total. The first-order chi connectivity index (χ1) is 12.7. The minimum Gasteiger partial charge on any atom is -0.508 e. The lowest BCUT2D eigenvalue weighted by Crippen LogP contribution is -2.40. The molecule has 1 saturated carbocycles. The Morgan fingerprint density at radius 1 is 1.04 bits per heavy atom. The van der Waals surface area contributed by atoms with Gasteiger partial charge in [-0.2, -0.15) is 0 Å². The first kappa shape index (κ1) is 16.1. The Labute approximate surface area is 155 Å². The molecule has 3 aliphatic rings. The fourth-order valence-corrected chi connectivity index (χ4v) is 5.96. The monoisotopic (exact) mass is 346 g/mol. The third-order valence-corrected chi connectivity index (χ3v) is 6.99. The van der Waals surface area contributed by atoms with Crippen LogP contribution in [-0.4, -0.2) is 16.3 Å². The van der Waals surface area contributed by atoms with Crippen LogP contribution in [0, 0.1) is 5.92 Å². The van der Waals surface area contributed by atoms with Crippen molar-refractivity contribution in [2.45, 2.75) is 56.5 Å². The number of allylic oxidation sites excluding steroid dienone is 1. The highest BCUT2D eigenvalue weighted by atomic mass is 16.3. The normalized spacial score (nSPS) is 29.9. The van der Waals surface area contributed by atoms with E-state index < -0.39 is 0 Å². The fraction of sp³-hybridized carbons (Fsp3) is 0.417. The standard InChI is InChI=1S/C24H26O2/c25-19-7-9-22-18(13-19)6-8-23-21-14-20(26)12-17(21)10-11-24(22,23)15-16-4-2-1-3-5-16/h1-5,7,9,13,17,20,25-26H,6,8,10-12,14-15H2. The lowest BCUT2D eigenvalue weighted by Gasteiger charge is -2.47. The van der Waals surface area contributed by atoms with Gasteiger partial charge in [0.2, 0.25) is 0 Å². The summed E-state index contributed by atoms with van der Waals surface area (Å²) < 4.78 is 0. The molecule has 0 bridgehead atoms. The maximum atomic E-state index is 10.3. The van der Waals surface area contributed by atoms with E-state index in [2.05, 4.69) is 36.4 Å². The van der Waals surface area contributed by atoms with Crippen LogP contribution in [-0.2, 0) is 18.3 Å². The van der Waals surface area contributed by atoms with Crippen molar-refractivity contribution in [3.63, 3.8) is 0 Å². The van der Waals surface area contributed by atoms with Gasteiger partial charge in [-0.05, 0) is 79.7 Å². The number of rotatable bonds is 2. The Balaban J connectivity index is 1.70. The van der Waals surface area contributed by atoms with Gasteiger partial charge in [0.05, 0.1) is 6.10 Å². The number of hydrogen-bond acceptors (Lipinski definition) is 2. The molecule has 0 aliphatic heterocycles. The topological polar surface area (TPSA) is 40.5 Å². The van der Waals surface area contributed by atoms with Gasteiger partial charge in [0.25, 0.3) is 0 Å². The van der Waals surface area contributed by atoms with Gasteiger partial charge in [-0.25, -0.2) is 0 Å². The van der Waals surface area contributed by atoms with Crippen LogP contribution in [0.1, 0.15) is 48.8 Å². The molecule has 134 valence electrons. The number of phenolic OH excluding ortho intramolecular Hbond substituents is 1. The van der Waals surface area contributed by atoms with E-state index in [1.165, 1.54) is 23.1 Å². The van der Waals surface area contributed by atoms with E-state index in [9.17, 15) is 10.2 Å². The van der Waals surface area contributed by atoms with Gasteiger partial charge in [-0.15, -0.1) is 0 Å². The number of aliphatic hydroxyl groups excluding tert-OH is 1. The second-order valence-electron chi connectivity index (χ2n) is 8.42. The highest BCUT2D eigenvalue weighted by Gasteiger charge is 2.47. The second kappa shape index (κ2) is 5.99. The van der Waals surface area contributed by atoms with Crippen LogP contribution in [0.15, 0.2) is 59.7 Å². The van der Waals surface area contributed by atoms with Gasteiger partial charge in [0.15, 0.2) is 0 Å². The molecular weight excluding hydrogens is 320 g/mol. The van der Waals surface area contributed by atoms with Gasteiger partial charge in [0.1, 0.15) is 5.75 Å². The maximum absolute atomic E-state index is 10.3. The summed E-state index contributed by atoms with van der Waals surface area (Å²) in [5, 5.41) is 20.3. The number of fused-ring (bicyclic) bond motifs is 4. The summed E-state index contributed by atoms with van der Waals surface area (Å²) in [6, 6.07) is 16.8. The molecular formula is C24H26O2. The summed E-state index contributed by atoms with van der Waals surface area (Å²) in [7, 11) is 0. The number of benzene rings is 2. The van der Waals surface area contributed by atoms with Crippen molar-refractivity contribution in [1.82, 2.24) is 0 Å². The molecule has 3 atom stereocenters. The first-order valence-electron chi connectivity index (χ1n) is 9.92. The summed E-state index contributed by atoms with van der Waals surface area (Å²) in [5.74, 6) is 0.960. The molecule has 0 spiro atoms. The second-order valence-corrected chi connectivity index (χ2v) is 8.42. The molecule has 0 radical (unpaired) electrons. The zero-order valence-electron chi connectivity index (χ0n) is 15.1. The highest BCUT2D eigenvalue weighted by molar-refractivity contribution is 5.53. The van der Waals surface area contributed by atoms with Crippen LogP contribution in [0.5, 0.6) is 5.75 Å². The molecule has 0 aromatic heterocycles. The minimum absolute atomic E-state index is 0.0402. The van der Waals surface area contributed by atoms with E-state index in [1.807, 2.05) is 12.1 Å². The van der Waals surface area contributed by atoms with E-state index in [1.54, 1.807) is 11.1 Å². The molecule has 3 unspecified atom stereocenters. The molecule has 2 N–H and O–H groups in total. The molecule has 0 saturated heterocycles. The third-order valence-electron chi connectivity index (χ3n) is 6.99. The van der Waals surface area contributed by atoms with Gasteiger partial charge in [-0.3, -0.25) is 0 Å². The molecule has 1 fully saturated rings. The molecule has 0 amide bonds. The number of aliphatic hydroxyl groups is 1. The number of hydrogen-bond donors (Lipinski definition) is 2. The average molecular weight is 346 g/mol. The van der Waals surface area contributed by atoms with E-state index in [-0.39, 0.29) is 11.5 Å². The van der Waals surface area contributed by atoms with Crippen molar-refractivity contribution in [1.29, 1.82) is 0 Å². The van der Waals surface area contributed by atoms with Gasteiger partial charge in [-0.1, -0.05) is 47.5 Å². The zero-order valence-corrected chi connectivity index (χ0v) is 15.1. The minimum atomic E-state index is -0.156. The van der Waals surface area contributed by atoms with Crippen molar-refractivity contribution in [2.24, 2.45) is 5.92 Å². The van der Waals surface area contributed by atoms with Crippen molar-refractivity contribution in [2.75, 3.05) is 0 Å². The van der Waals surface area contributed by atoms with E-state index in [4.69, 9.17) is 0 Å². The van der Waals surface area contributed by atoms with Crippen LogP contribution < -0.4 is 0 Å². The number of phenols is 1. The quantitative estimate of drug-likeness (QED) is 0.775. The Morgan fingerprint density at radius 2 is 1.88 bits per heavy atom. The molecule has 5 rings (SSSR count). The average Bonchev–Trinajstić information content (AvgIpc) is 3.02. The molecule has 26 heavy (non-hydrogen) atoms. The Hall–Kier alpha value is -2.06. The van der Waals surface area contributed by atoms with Crippen LogP contribution in [0.3, 0.4) is 0 Å². The van der Waals surface area contributed by atoms with Crippen molar-refractivity contribution < 1.29 is 10.2 Å². The van der Waals surface area contributed by atoms with Crippen LogP contribution in [0.25, 0.3) is 0 Å². The fourth-order valence-electron chi connectivity index (χ4n) is 5.96. The van der Waals surface area contributed by atoms with Crippen LogP contribution >= 0.6 is 0 Å². The molecule has 2 heteroatoms. The smallest absolute Gasteiger partial charge is 0.115 e. The first-order valence-corrected chi connectivity index (χ1v) is 9.92. The summed E-state index contributed by atoms with van der Waals surface area (Å²) in [6.45, 7) is 0. The third kappa shape index (κ3) is 2.43. The van der Waals surface area contributed by atoms with Crippen molar-refractivity contribution in [3.05, 3.63) is 76.4 Å². The maximum Gasteiger partial charge on any atom is 0.115 e. The van der Waals surface area contributed by atoms with E-state index in [0.29, 0.717) is 11.7 Å². The van der Waals surface area contributed by atoms with Crippen LogP contribution in [0.4, 0.5) is 0 Å². The molecule has 2 aromatic rings. The predicted molar refractivity (Wildman–Crippen MR) is 103 cm³/mol. The highest BCUT2D eigenvalue weighted by Crippen LogP contribution is 2.56. The van der Waals surface area contributed by atoms with Gasteiger partial charge in [0, 0.05) is 5.41 Å². The Kier molecular flexibility index (Phi) is 3.72. The SMILES string of the molecule is Oc1ccc2c(c1)CCC1=C3CC(O)CC3CCC12Cc1ccccc1. The molecule has 3 aliphatic carbocycles. The van der Waals surface area contributed by atoms with Gasteiger partial charge < -0.3 is 10.2 Å². The van der Waals surface area contributed by atoms with Gasteiger partial charge >= 0.3 is 0 Å². The lowest BCUT2D eigenvalue weighted by molar-refractivity contribution is 0.177. The zero-order chi connectivity index (χ0) is 17.7. The number of aromatic hydroxyl groups is 1.